The van der Waals surface area contributed by atoms with E-state index in [4.69, 9.17) is 9.47 Å². The summed E-state index contributed by atoms with van der Waals surface area (Å²) < 4.78 is 11.5. The highest BCUT2D eigenvalue weighted by Gasteiger charge is 2.25. The van der Waals surface area contributed by atoms with Crippen LogP contribution in [0.15, 0.2) is 29.3 Å². The van der Waals surface area contributed by atoms with Gasteiger partial charge in [0.05, 0.1) is 12.7 Å². The Kier molecular flexibility index (Phi) is 9.43. The molecule has 30 heavy (non-hydrogen) atoms. The lowest BCUT2D eigenvalue weighted by Crippen LogP contribution is -2.40. The van der Waals surface area contributed by atoms with Crippen LogP contribution < -0.4 is 5.32 Å². The number of nitrogens with zero attached hydrogens (tertiary/aromatic N) is 3. The van der Waals surface area contributed by atoms with Crippen molar-refractivity contribution in [1.29, 1.82) is 0 Å². The van der Waals surface area contributed by atoms with Gasteiger partial charge in [-0.15, -0.1) is 0 Å². The quantitative estimate of drug-likeness (QED) is 0.495. The average molecular weight is 417 g/mol. The van der Waals surface area contributed by atoms with Crippen LogP contribution in [0.4, 0.5) is 0 Å². The first-order chi connectivity index (χ1) is 14.7. The number of ether oxygens (including phenoxy) is 2. The second kappa shape index (κ2) is 12.3. The lowest BCUT2D eigenvalue weighted by Gasteiger charge is -2.24. The smallest absolute Gasteiger partial charge is 0.193 e. The van der Waals surface area contributed by atoms with Crippen LogP contribution in [0.5, 0.6) is 0 Å². The number of hydrogen-bond donors (Lipinski definition) is 1. The summed E-state index contributed by atoms with van der Waals surface area (Å²) in [4.78, 5) is 9.48. The predicted octanol–water partition coefficient (Wildman–Crippen LogP) is 3.12. The fraction of sp³-hybridized carbons (Fsp3) is 0.708. The third-order valence-corrected chi connectivity index (χ3v) is 6.30. The largest absolute Gasteiger partial charge is 0.381 e. The molecule has 1 atom stereocenters. The van der Waals surface area contributed by atoms with Gasteiger partial charge in [-0.2, -0.15) is 0 Å². The monoisotopic (exact) mass is 416 g/mol. The fourth-order valence-electron chi connectivity index (χ4n) is 4.42. The Bertz CT molecular complexity index is 656. The highest BCUT2D eigenvalue weighted by Crippen LogP contribution is 2.18. The summed E-state index contributed by atoms with van der Waals surface area (Å²) in [5.74, 6) is 1.75. The number of guanidine groups is 1. The molecule has 168 valence electrons. The molecule has 2 fully saturated rings. The van der Waals surface area contributed by atoms with Crippen molar-refractivity contribution in [3.8, 4) is 0 Å². The first-order valence-corrected chi connectivity index (χ1v) is 11.7. The lowest BCUT2D eigenvalue weighted by atomic mass is 10.1. The zero-order valence-electron chi connectivity index (χ0n) is 19.1. The van der Waals surface area contributed by atoms with Gasteiger partial charge < -0.3 is 24.6 Å². The summed E-state index contributed by atoms with van der Waals surface area (Å²) in [7, 11) is 1.89. The first-order valence-electron chi connectivity index (χ1n) is 11.7. The summed E-state index contributed by atoms with van der Waals surface area (Å²) in [5.41, 5.74) is 2.50. The van der Waals surface area contributed by atoms with E-state index in [9.17, 15) is 0 Å². The molecule has 1 aromatic rings. The number of aliphatic imine (C=N–C) groups is 1. The van der Waals surface area contributed by atoms with Gasteiger partial charge in [0.2, 0.25) is 0 Å². The molecule has 0 radical (unpaired) electrons. The van der Waals surface area contributed by atoms with E-state index in [1.54, 1.807) is 0 Å². The van der Waals surface area contributed by atoms with Gasteiger partial charge in [0.1, 0.15) is 0 Å². The van der Waals surface area contributed by atoms with Crippen molar-refractivity contribution >= 4 is 5.96 Å². The summed E-state index contributed by atoms with van der Waals surface area (Å²) in [6, 6.07) is 8.69. The Balaban J connectivity index is 1.45. The molecule has 3 rings (SSSR count). The van der Waals surface area contributed by atoms with E-state index >= 15 is 0 Å². The maximum absolute atomic E-state index is 6.08. The van der Waals surface area contributed by atoms with E-state index < -0.39 is 0 Å². The Hall–Kier alpha value is -1.63. The molecule has 0 spiro atoms. The third-order valence-electron chi connectivity index (χ3n) is 6.30. The second-order valence-corrected chi connectivity index (χ2v) is 8.43. The number of benzene rings is 1. The first kappa shape index (κ1) is 23.0. The van der Waals surface area contributed by atoms with Crippen molar-refractivity contribution in [3.05, 3.63) is 35.4 Å². The predicted molar refractivity (Wildman–Crippen MR) is 123 cm³/mol. The Morgan fingerprint density at radius 1 is 1.20 bits per heavy atom. The molecule has 0 saturated carbocycles. The van der Waals surface area contributed by atoms with Crippen molar-refractivity contribution < 1.29 is 9.47 Å². The molecule has 0 bridgehead atoms. The molecule has 2 aliphatic heterocycles. The molecule has 6 nitrogen and oxygen atoms in total. The maximum atomic E-state index is 6.08. The van der Waals surface area contributed by atoms with Gasteiger partial charge in [-0.05, 0) is 49.4 Å². The molecule has 1 unspecified atom stereocenters. The van der Waals surface area contributed by atoms with Crippen molar-refractivity contribution in [3.63, 3.8) is 0 Å². The molecule has 0 amide bonds. The minimum Gasteiger partial charge on any atom is -0.381 e. The van der Waals surface area contributed by atoms with Crippen LogP contribution in [0.3, 0.4) is 0 Å². The van der Waals surface area contributed by atoms with Gasteiger partial charge in [-0.3, -0.25) is 4.99 Å². The van der Waals surface area contributed by atoms with Crippen molar-refractivity contribution in [2.24, 2.45) is 10.9 Å². The molecular weight excluding hydrogens is 376 g/mol. The van der Waals surface area contributed by atoms with Crippen molar-refractivity contribution in [2.45, 2.75) is 52.4 Å². The Morgan fingerprint density at radius 2 is 1.97 bits per heavy atom. The van der Waals surface area contributed by atoms with Gasteiger partial charge in [-0.1, -0.05) is 38.1 Å². The van der Waals surface area contributed by atoms with E-state index in [1.165, 1.54) is 24.1 Å². The molecule has 2 heterocycles. The van der Waals surface area contributed by atoms with E-state index in [0.717, 1.165) is 70.7 Å². The summed E-state index contributed by atoms with van der Waals surface area (Å²) in [6.07, 6.45) is 3.58. The van der Waals surface area contributed by atoms with E-state index in [2.05, 4.69) is 58.2 Å². The average Bonchev–Trinajstić information content (AvgIpc) is 3.26. The highest BCUT2D eigenvalue weighted by atomic mass is 16.5. The van der Waals surface area contributed by atoms with E-state index in [-0.39, 0.29) is 0 Å². The van der Waals surface area contributed by atoms with Crippen molar-refractivity contribution in [1.82, 2.24) is 15.1 Å². The molecule has 0 aromatic heterocycles. The van der Waals surface area contributed by atoms with Crippen molar-refractivity contribution in [2.75, 3.05) is 53.0 Å². The van der Waals surface area contributed by atoms with E-state index in [1.807, 2.05) is 7.05 Å². The molecule has 1 N–H and O–H groups in total. The van der Waals surface area contributed by atoms with Crippen LogP contribution in [0.2, 0.25) is 0 Å². The van der Waals surface area contributed by atoms with Crippen LogP contribution in [0.25, 0.3) is 0 Å². The third kappa shape index (κ3) is 6.96. The van der Waals surface area contributed by atoms with Gasteiger partial charge >= 0.3 is 0 Å². The minimum absolute atomic E-state index is 0.332. The molecule has 6 heteroatoms. The van der Waals surface area contributed by atoms with Crippen LogP contribution >= 0.6 is 0 Å². The molecule has 1 aromatic carbocycles. The van der Waals surface area contributed by atoms with Gasteiger partial charge in [-0.25, -0.2) is 0 Å². The number of nitrogens with one attached hydrogen (secondary N) is 1. The molecule has 2 aliphatic rings. The highest BCUT2D eigenvalue weighted by molar-refractivity contribution is 5.80. The lowest BCUT2D eigenvalue weighted by molar-refractivity contribution is -0.0390. The second-order valence-electron chi connectivity index (χ2n) is 8.43. The van der Waals surface area contributed by atoms with Crippen LogP contribution in [0, 0.1) is 5.92 Å². The number of hydrogen-bond acceptors (Lipinski definition) is 4. The summed E-state index contributed by atoms with van der Waals surface area (Å²) >= 11 is 0. The zero-order valence-corrected chi connectivity index (χ0v) is 19.1. The summed E-state index contributed by atoms with van der Waals surface area (Å²) in [6.45, 7) is 13.2. The Labute approximate surface area is 182 Å². The Morgan fingerprint density at radius 3 is 2.70 bits per heavy atom. The van der Waals surface area contributed by atoms with Crippen LogP contribution in [0.1, 0.15) is 44.2 Å². The maximum Gasteiger partial charge on any atom is 0.193 e. The molecular formula is C24H40N4O2. The van der Waals surface area contributed by atoms with Crippen LogP contribution in [-0.2, 0) is 22.6 Å². The standard InChI is InChI=1S/C24H40N4O2/c1-4-27(5-2)17-22-9-12-28(18-22)24(25-3)26-16-20-7-6-8-21(15-20)19-30-23-10-13-29-14-11-23/h6-8,15,22-23H,4-5,9-14,16-19H2,1-3H3,(H,25,26). The SMILES string of the molecule is CCN(CC)CC1CCN(C(=NC)NCc2cccc(COC3CCOCC3)c2)C1. The van der Waals surface area contributed by atoms with Gasteiger partial charge in [0.15, 0.2) is 5.96 Å². The fourth-order valence-corrected chi connectivity index (χ4v) is 4.42. The van der Waals surface area contributed by atoms with Gasteiger partial charge in [0, 0.05) is 46.4 Å². The minimum atomic E-state index is 0.332. The number of rotatable bonds is 9. The normalized spacial score (nSPS) is 20.9. The molecule has 0 aliphatic carbocycles. The van der Waals surface area contributed by atoms with E-state index in [0.29, 0.717) is 12.7 Å². The molecule has 2 saturated heterocycles. The number of likely N-dealkylation sites (tertiary alicyclic amines) is 1. The zero-order chi connectivity index (χ0) is 21.2. The summed E-state index contributed by atoms with van der Waals surface area (Å²) in [5, 5.41) is 3.57. The van der Waals surface area contributed by atoms with Gasteiger partial charge in [0.25, 0.3) is 0 Å². The van der Waals surface area contributed by atoms with Crippen LogP contribution in [-0.4, -0.2) is 74.8 Å². The topological polar surface area (TPSA) is 49.3 Å².